The smallest absolute Gasteiger partial charge is 0.268 e. The summed E-state index contributed by atoms with van der Waals surface area (Å²) >= 11 is 7.71. The molecule has 0 radical (unpaired) electrons. The van der Waals surface area contributed by atoms with Gasteiger partial charge in [0.15, 0.2) is 0 Å². The van der Waals surface area contributed by atoms with Crippen molar-refractivity contribution >= 4 is 39.7 Å². The van der Waals surface area contributed by atoms with Crippen LogP contribution in [0, 0.1) is 0 Å². The van der Waals surface area contributed by atoms with Crippen LogP contribution in [-0.2, 0) is 4.74 Å². The number of carbonyl (C=O) groups is 1. The zero-order valence-corrected chi connectivity index (χ0v) is 13.6. The molecule has 2 N–H and O–H groups in total. The van der Waals surface area contributed by atoms with Gasteiger partial charge in [0.2, 0.25) is 0 Å². The number of fused-ring (bicyclic) bond motifs is 1. The molecule has 0 aliphatic heterocycles. The predicted octanol–water partition coefficient (Wildman–Crippen LogP) is 3.93. The van der Waals surface area contributed by atoms with Gasteiger partial charge in [-0.05, 0) is 29.6 Å². The lowest BCUT2D eigenvalue weighted by Gasteiger charge is -2.05. The molecule has 4 nitrogen and oxygen atoms in total. The molecule has 3 aromatic rings. The third-order valence-electron chi connectivity index (χ3n) is 3.35. The van der Waals surface area contributed by atoms with E-state index < -0.39 is 0 Å². The van der Waals surface area contributed by atoms with Crippen LogP contribution in [0.3, 0.4) is 0 Å². The van der Waals surface area contributed by atoms with Crippen molar-refractivity contribution in [2.24, 2.45) is 0 Å². The molecule has 0 fully saturated rings. The Kier molecular flexibility index (Phi) is 4.47. The van der Waals surface area contributed by atoms with Gasteiger partial charge < -0.3 is 15.0 Å². The van der Waals surface area contributed by atoms with Crippen LogP contribution in [0.1, 0.15) is 10.5 Å². The summed E-state index contributed by atoms with van der Waals surface area (Å²) in [4.78, 5) is 16.7. The highest BCUT2D eigenvalue weighted by Crippen LogP contribution is 2.36. The van der Waals surface area contributed by atoms with E-state index in [-0.39, 0.29) is 5.91 Å². The Morgan fingerprint density at radius 3 is 3.00 bits per heavy atom. The quantitative estimate of drug-likeness (QED) is 0.695. The van der Waals surface area contributed by atoms with E-state index in [4.69, 9.17) is 16.3 Å². The average molecular weight is 335 g/mol. The number of H-pyrrole nitrogens is 1. The number of rotatable bonds is 5. The van der Waals surface area contributed by atoms with E-state index in [0.29, 0.717) is 23.9 Å². The fourth-order valence-electron chi connectivity index (χ4n) is 2.37. The number of benzene rings is 1. The molecule has 0 aliphatic rings. The first-order valence-corrected chi connectivity index (χ1v) is 8.08. The van der Waals surface area contributed by atoms with Crippen LogP contribution >= 0.6 is 22.9 Å². The Hall–Kier alpha value is -1.82. The molecule has 2 aromatic heterocycles. The van der Waals surface area contributed by atoms with Crippen molar-refractivity contribution in [1.29, 1.82) is 0 Å². The van der Waals surface area contributed by atoms with Crippen LogP contribution in [-0.4, -0.2) is 31.2 Å². The first kappa shape index (κ1) is 15.1. The van der Waals surface area contributed by atoms with E-state index in [1.54, 1.807) is 18.4 Å². The third-order valence-corrected chi connectivity index (χ3v) is 4.47. The first-order valence-electron chi connectivity index (χ1n) is 6.83. The van der Waals surface area contributed by atoms with Crippen molar-refractivity contribution in [3.8, 4) is 10.4 Å². The Balaban J connectivity index is 2.09. The number of carbonyl (C=O) groups excluding carboxylic acids is 1. The van der Waals surface area contributed by atoms with E-state index in [9.17, 15) is 4.79 Å². The van der Waals surface area contributed by atoms with Gasteiger partial charge in [-0.25, -0.2) is 0 Å². The van der Waals surface area contributed by atoms with Crippen LogP contribution in [0.4, 0.5) is 0 Å². The lowest BCUT2D eigenvalue weighted by molar-refractivity contribution is 0.0933. The normalized spacial score (nSPS) is 11.0. The number of thiophene rings is 1. The maximum atomic E-state index is 12.5. The highest BCUT2D eigenvalue weighted by Gasteiger charge is 2.19. The maximum absolute atomic E-state index is 12.5. The van der Waals surface area contributed by atoms with Gasteiger partial charge in [-0.1, -0.05) is 17.7 Å². The van der Waals surface area contributed by atoms with E-state index in [0.717, 1.165) is 21.3 Å². The Morgan fingerprint density at radius 1 is 1.41 bits per heavy atom. The van der Waals surface area contributed by atoms with Crippen molar-refractivity contribution in [1.82, 2.24) is 10.3 Å². The van der Waals surface area contributed by atoms with Gasteiger partial charge in [0, 0.05) is 40.0 Å². The van der Waals surface area contributed by atoms with Crippen LogP contribution in [0.5, 0.6) is 0 Å². The lowest BCUT2D eigenvalue weighted by Crippen LogP contribution is -2.27. The van der Waals surface area contributed by atoms with Crippen molar-refractivity contribution in [3.63, 3.8) is 0 Å². The summed E-state index contributed by atoms with van der Waals surface area (Å²) in [6.45, 7) is 0.946. The molecule has 3 rings (SSSR count). The number of aromatic nitrogens is 1. The molecule has 1 aromatic carbocycles. The highest BCUT2D eigenvalue weighted by atomic mass is 35.5. The zero-order chi connectivity index (χ0) is 15.5. The van der Waals surface area contributed by atoms with Crippen molar-refractivity contribution < 1.29 is 9.53 Å². The summed E-state index contributed by atoms with van der Waals surface area (Å²) in [5.41, 5.74) is 2.34. The minimum Gasteiger partial charge on any atom is -0.383 e. The number of nitrogens with one attached hydrogen (secondary N) is 2. The zero-order valence-electron chi connectivity index (χ0n) is 12.0. The lowest BCUT2D eigenvalue weighted by atomic mass is 10.1. The first-order chi connectivity index (χ1) is 10.7. The molecule has 0 spiro atoms. The van der Waals surface area contributed by atoms with Crippen molar-refractivity contribution in [2.45, 2.75) is 0 Å². The summed E-state index contributed by atoms with van der Waals surface area (Å²) in [6.07, 6.45) is 0. The molecular weight excluding hydrogens is 320 g/mol. The second kappa shape index (κ2) is 6.52. The minimum atomic E-state index is -0.146. The number of amides is 1. The summed E-state index contributed by atoms with van der Waals surface area (Å²) < 4.78 is 4.96. The van der Waals surface area contributed by atoms with Crippen LogP contribution in [0.2, 0.25) is 5.02 Å². The molecule has 0 atom stereocenters. The van der Waals surface area contributed by atoms with Crippen LogP contribution < -0.4 is 5.32 Å². The minimum absolute atomic E-state index is 0.146. The van der Waals surface area contributed by atoms with Crippen LogP contribution in [0.15, 0.2) is 35.7 Å². The van der Waals surface area contributed by atoms with E-state index in [1.807, 2.05) is 35.7 Å². The molecule has 0 unspecified atom stereocenters. The van der Waals surface area contributed by atoms with Gasteiger partial charge in [-0.15, -0.1) is 11.3 Å². The molecule has 114 valence electrons. The van der Waals surface area contributed by atoms with E-state index in [2.05, 4.69) is 10.3 Å². The van der Waals surface area contributed by atoms with Gasteiger partial charge in [0.05, 0.1) is 6.61 Å². The predicted molar refractivity (Wildman–Crippen MR) is 90.8 cm³/mol. The standard InChI is InChI=1S/C16H15ClN2O2S/c1-21-7-6-18-16(20)15-14(13-3-2-8-22-13)11-9-10(17)4-5-12(11)19-15/h2-5,8-9,19H,6-7H2,1H3,(H,18,20). The van der Waals surface area contributed by atoms with Gasteiger partial charge in [-0.3, -0.25) is 4.79 Å². The maximum Gasteiger partial charge on any atom is 0.268 e. The molecule has 0 saturated heterocycles. The molecule has 0 aliphatic carbocycles. The topological polar surface area (TPSA) is 54.1 Å². The molecule has 1 amide bonds. The van der Waals surface area contributed by atoms with Crippen molar-refractivity contribution in [2.75, 3.05) is 20.3 Å². The molecule has 0 bridgehead atoms. The van der Waals surface area contributed by atoms with Crippen LogP contribution in [0.25, 0.3) is 21.3 Å². The number of hydrogen-bond acceptors (Lipinski definition) is 3. The van der Waals surface area contributed by atoms with Gasteiger partial charge in [0.25, 0.3) is 5.91 Å². The fraction of sp³-hybridized carbons (Fsp3) is 0.188. The Morgan fingerprint density at radius 2 is 2.27 bits per heavy atom. The van der Waals surface area contributed by atoms with Gasteiger partial charge in [-0.2, -0.15) is 0 Å². The monoisotopic (exact) mass is 334 g/mol. The molecule has 2 heterocycles. The number of hydrogen-bond donors (Lipinski definition) is 2. The number of halogens is 1. The second-order valence-corrected chi connectivity index (χ2v) is 6.18. The fourth-order valence-corrected chi connectivity index (χ4v) is 3.33. The summed E-state index contributed by atoms with van der Waals surface area (Å²) in [7, 11) is 1.61. The average Bonchev–Trinajstić information content (AvgIpc) is 3.13. The number of methoxy groups -OCH3 is 1. The summed E-state index contributed by atoms with van der Waals surface area (Å²) in [6, 6.07) is 9.55. The number of aromatic amines is 1. The number of ether oxygens (including phenoxy) is 1. The van der Waals surface area contributed by atoms with E-state index in [1.165, 1.54) is 0 Å². The largest absolute Gasteiger partial charge is 0.383 e. The second-order valence-electron chi connectivity index (χ2n) is 4.79. The molecule has 6 heteroatoms. The summed E-state index contributed by atoms with van der Waals surface area (Å²) in [5.74, 6) is -0.146. The third kappa shape index (κ3) is 2.88. The van der Waals surface area contributed by atoms with E-state index >= 15 is 0 Å². The SMILES string of the molecule is COCCNC(=O)c1[nH]c2ccc(Cl)cc2c1-c1cccs1. The molecular formula is C16H15ClN2O2S. The van der Waals surface area contributed by atoms with Crippen molar-refractivity contribution in [3.05, 3.63) is 46.4 Å². The Bertz CT molecular complexity index is 796. The Labute approximate surface area is 137 Å². The highest BCUT2D eigenvalue weighted by molar-refractivity contribution is 7.13. The van der Waals surface area contributed by atoms with Gasteiger partial charge in [0.1, 0.15) is 5.69 Å². The molecule has 22 heavy (non-hydrogen) atoms. The molecule has 0 saturated carbocycles. The summed E-state index contributed by atoms with van der Waals surface area (Å²) in [5, 5.41) is 6.45. The van der Waals surface area contributed by atoms with Gasteiger partial charge >= 0.3 is 0 Å².